The Labute approximate surface area is 212 Å². The number of phenols is 1. The minimum atomic E-state index is -1.96. The van der Waals surface area contributed by atoms with E-state index < -0.39 is 45.2 Å². The fourth-order valence-corrected chi connectivity index (χ4v) is 7.57. The van der Waals surface area contributed by atoms with E-state index in [2.05, 4.69) is 0 Å². The van der Waals surface area contributed by atoms with Crippen molar-refractivity contribution in [2.24, 2.45) is 17.8 Å². The zero-order valence-corrected chi connectivity index (χ0v) is 21.1. The van der Waals surface area contributed by atoms with E-state index in [1.54, 1.807) is 12.1 Å². The summed E-state index contributed by atoms with van der Waals surface area (Å²) < 4.78 is 5.52. The van der Waals surface area contributed by atoms with Crippen molar-refractivity contribution in [2.45, 2.75) is 41.9 Å². The topological polar surface area (TPSA) is 104 Å². The number of rotatable bonds is 4. The Morgan fingerprint density at radius 2 is 1.83 bits per heavy atom. The molecule has 6 unspecified atom stereocenters. The summed E-state index contributed by atoms with van der Waals surface area (Å²) in [6, 6.07) is 4.66. The maximum atomic E-state index is 13.5. The third-order valence-corrected chi connectivity index (χ3v) is 9.52. The third kappa shape index (κ3) is 2.87. The average Bonchev–Trinajstić information content (AvgIpc) is 3.15. The molecule has 1 aromatic rings. The normalized spacial score (nSPS) is 36.2. The van der Waals surface area contributed by atoms with Gasteiger partial charge in [-0.3, -0.25) is 29.0 Å². The van der Waals surface area contributed by atoms with Crippen LogP contribution in [-0.4, -0.2) is 69.0 Å². The van der Waals surface area contributed by atoms with Crippen LogP contribution in [0.2, 0.25) is 0 Å². The van der Waals surface area contributed by atoms with Crippen molar-refractivity contribution >= 4 is 46.8 Å². The Balaban J connectivity index is 1.76. The predicted molar refractivity (Wildman–Crippen MR) is 127 cm³/mol. The number of ether oxygens (including phenoxy) is 1. The molecule has 1 N–H and O–H groups in total. The van der Waals surface area contributed by atoms with Gasteiger partial charge in [0, 0.05) is 25.1 Å². The largest absolute Gasteiger partial charge is 0.508 e. The standard InChI is InChI=1S/C25H26Cl2N2O6/c1-4-10-29-20(31)13-9-8-12-14(17(13)21(29)32)11-24(26)22(33)28(2)23(34)25(24,27)19(12)18-15(30)6-5-7-16(18)35-3/h5-8,13-14,17,19,30H,4,9-11H2,1-3H3. The van der Waals surface area contributed by atoms with Crippen molar-refractivity contribution in [3.05, 3.63) is 35.4 Å². The number of carbonyl (C=O) groups excluding carboxylic acids is 4. The summed E-state index contributed by atoms with van der Waals surface area (Å²) in [5.41, 5.74) is 0.844. The van der Waals surface area contributed by atoms with Crippen LogP contribution in [0, 0.1) is 17.8 Å². The number of nitrogens with zero attached hydrogens (tertiary/aromatic N) is 2. The van der Waals surface area contributed by atoms with Gasteiger partial charge in [-0.05, 0) is 37.3 Å². The fraction of sp³-hybridized carbons (Fsp3) is 0.520. The number of aromatic hydroxyl groups is 1. The zero-order chi connectivity index (χ0) is 25.4. The maximum absolute atomic E-state index is 13.5. The molecule has 4 aliphatic rings. The van der Waals surface area contributed by atoms with Gasteiger partial charge in [-0.2, -0.15) is 0 Å². The number of alkyl halides is 2. The van der Waals surface area contributed by atoms with E-state index in [0.717, 1.165) is 4.90 Å². The van der Waals surface area contributed by atoms with Gasteiger partial charge in [-0.25, -0.2) is 0 Å². The lowest BCUT2D eigenvalue weighted by Crippen LogP contribution is -2.60. The molecule has 186 valence electrons. The van der Waals surface area contributed by atoms with E-state index >= 15 is 0 Å². The van der Waals surface area contributed by atoms with Crippen LogP contribution in [0.4, 0.5) is 0 Å². The zero-order valence-electron chi connectivity index (χ0n) is 19.6. The Morgan fingerprint density at radius 1 is 1.11 bits per heavy atom. The molecule has 2 saturated heterocycles. The number of fused-ring (bicyclic) bond motifs is 4. The van der Waals surface area contributed by atoms with E-state index in [4.69, 9.17) is 27.9 Å². The van der Waals surface area contributed by atoms with Gasteiger partial charge < -0.3 is 9.84 Å². The number of amides is 4. The molecule has 4 amide bonds. The highest BCUT2D eigenvalue weighted by atomic mass is 35.5. The van der Waals surface area contributed by atoms with Gasteiger partial charge in [0.1, 0.15) is 11.5 Å². The van der Waals surface area contributed by atoms with Crippen molar-refractivity contribution in [3.8, 4) is 11.5 Å². The number of imide groups is 2. The number of halogens is 2. The minimum Gasteiger partial charge on any atom is -0.508 e. The van der Waals surface area contributed by atoms with Crippen LogP contribution in [0.25, 0.3) is 0 Å². The van der Waals surface area contributed by atoms with Crippen LogP contribution < -0.4 is 4.74 Å². The predicted octanol–water partition coefficient (Wildman–Crippen LogP) is 2.80. The monoisotopic (exact) mass is 520 g/mol. The van der Waals surface area contributed by atoms with Gasteiger partial charge in [-0.15, -0.1) is 23.2 Å². The maximum Gasteiger partial charge on any atom is 0.253 e. The summed E-state index contributed by atoms with van der Waals surface area (Å²) in [6.45, 7) is 2.20. The van der Waals surface area contributed by atoms with Crippen molar-refractivity contribution in [3.63, 3.8) is 0 Å². The molecule has 8 nitrogen and oxygen atoms in total. The van der Waals surface area contributed by atoms with Gasteiger partial charge >= 0.3 is 0 Å². The van der Waals surface area contributed by atoms with E-state index in [1.807, 2.05) is 13.0 Å². The Morgan fingerprint density at radius 3 is 2.49 bits per heavy atom. The van der Waals surface area contributed by atoms with E-state index in [0.29, 0.717) is 18.5 Å². The molecule has 2 heterocycles. The molecule has 6 atom stereocenters. The minimum absolute atomic E-state index is 0.0780. The van der Waals surface area contributed by atoms with Crippen LogP contribution in [0.3, 0.4) is 0 Å². The van der Waals surface area contributed by atoms with Gasteiger partial charge in [0.2, 0.25) is 11.8 Å². The number of allylic oxidation sites excluding steroid dienone is 2. The SMILES string of the molecule is CCCN1C(=O)C2CC=C3C(CC4(Cl)C(=O)N(C)C(=O)C4(Cl)C3c3c(O)cccc3OC)C2C1=O. The van der Waals surface area contributed by atoms with Crippen molar-refractivity contribution in [1.82, 2.24) is 9.80 Å². The van der Waals surface area contributed by atoms with Gasteiger partial charge in [0.25, 0.3) is 11.8 Å². The molecule has 10 heteroatoms. The van der Waals surface area contributed by atoms with E-state index in [-0.39, 0.29) is 41.7 Å². The lowest BCUT2D eigenvalue weighted by Gasteiger charge is -2.51. The lowest BCUT2D eigenvalue weighted by atomic mass is 9.56. The Bertz CT molecular complexity index is 1200. The van der Waals surface area contributed by atoms with Crippen LogP contribution in [-0.2, 0) is 19.2 Å². The van der Waals surface area contributed by atoms with Crippen LogP contribution in [0.1, 0.15) is 37.7 Å². The summed E-state index contributed by atoms with van der Waals surface area (Å²) in [4.78, 5) is 51.9. The van der Waals surface area contributed by atoms with Gasteiger partial charge in [0.05, 0.1) is 18.9 Å². The lowest BCUT2D eigenvalue weighted by molar-refractivity contribution is -0.141. The second kappa shape index (κ2) is 7.96. The molecule has 0 aromatic heterocycles. The molecule has 3 fully saturated rings. The van der Waals surface area contributed by atoms with Crippen LogP contribution >= 0.6 is 23.2 Å². The molecule has 0 radical (unpaired) electrons. The molecule has 0 spiro atoms. The highest BCUT2D eigenvalue weighted by Crippen LogP contribution is 2.66. The first kappa shape index (κ1) is 24.1. The third-order valence-electron chi connectivity index (χ3n) is 8.10. The number of phenolic OH excluding ortho intramolecular Hbond substituents is 1. The highest BCUT2D eigenvalue weighted by molar-refractivity contribution is 6.53. The van der Waals surface area contributed by atoms with Crippen LogP contribution in [0.5, 0.6) is 11.5 Å². The first-order valence-electron chi connectivity index (χ1n) is 11.7. The number of hydrogen-bond acceptors (Lipinski definition) is 6. The second-order valence-electron chi connectivity index (χ2n) is 9.72. The highest BCUT2D eigenvalue weighted by Gasteiger charge is 2.76. The van der Waals surface area contributed by atoms with Gasteiger partial charge in [0.15, 0.2) is 9.75 Å². The fourth-order valence-electron chi connectivity index (χ4n) is 6.57. The summed E-state index contributed by atoms with van der Waals surface area (Å²) in [7, 11) is 2.75. The number of hydrogen-bond donors (Lipinski definition) is 1. The summed E-state index contributed by atoms with van der Waals surface area (Å²) in [5.74, 6) is -4.74. The molecule has 5 rings (SSSR count). The van der Waals surface area contributed by atoms with Crippen LogP contribution in [0.15, 0.2) is 29.8 Å². The van der Waals surface area contributed by atoms with E-state index in [9.17, 15) is 24.3 Å². The quantitative estimate of drug-likeness (QED) is 0.371. The van der Waals surface area contributed by atoms with E-state index in [1.165, 1.54) is 25.1 Å². The smallest absolute Gasteiger partial charge is 0.253 e. The summed E-state index contributed by atoms with van der Waals surface area (Å²) in [5, 5.41) is 10.9. The molecular formula is C25H26Cl2N2O6. The number of methoxy groups -OCH3 is 1. The number of likely N-dealkylation sites (tertiary alicyclic amines) is 2. The molecule has 2 aliphatic heterocycles. The van der Waals surface area contributed by atoms with Crippen molar-refractivity contribution < 1.29 is 29.0 Å². The Kier molecular flexibility index (Phi) is 5.49. The molecule has 1 aromatic carbocycles. The molecule has 2 aliphatic carbocycles. The van der Waals surface area contributed by atoms with Crippen molar-refractivity contribution in [2.75, 3.05) is 20.7 Å². The summed E-state index contributed by atoms with van der Waals surface area (Å²) in [6.07, 6.45) is 2.67. The van der Waals surface area contributed by atoms with Crippen molar-refractivity contribution in [1.29, 1.82) is 0 Å². The molecule has 0 bridgehead atoms. The molecular weight excluding hydrogens is 495 g/mol. The molecule has 35 heavy (non-hydrogen) atoms. The second-order valence-corrected chi connectivity index (χ2v) is 11.0. The average molecular weight is 521 g/mol. The number of carbonyl (C=O) groups is 4. The number of benzene rings is 1. The summed E-state index contributed by atoms with van der Waals surface area (Å²) >= 11 is 14.2. The Hall–Kier alpha value is -2.58. The molecule has 1 saturated carbocycles. The first-order chi connectivity index (χ1) is 16.5. The first-order valence-corrected chi connectivity index (χ1v) is 12.4. The van der Waals surface area contributed by atoms with Gasteiger partial charge in [-0.1, -0.05) is 24.6 Å².